The zero-order valence-electron chi connectivity index (χ0n) is 16.2. The zero-order chi connectivity index (χ0) is 20.4. The van der Waals surface area contributed by atoms with E-state index in [9.17, 15) is 9.59 Å². The Morgan fingerprint density at radius 2 is 1.48 bits per heavy atom. The van der Waals surface area contributed by atoms with E-state index in [1.165, 1.54) is 6.07 Å². The molecule has 0 fully saturated rings. The number of hydrogen-bond donors (Lipinski definition) is 0. The van der Waals surface area contributed by atoms with Crippen molar-refractivity contribution in [2.45, 2.75) is 13.3 Å². The Morgan fingerprint density at radius 3 is 2.10 bits per heavy atom. The van der Waals surface area contributed by atoms with Crippen LogP contribution in [-0.4, -0.2) is 25.5 Å². The van der Waals surface area contributed by atoms with Crippen LogP contribution in [0.4, 0.5) is 0 Å². The van der Waals surface area contributed by atoms with Crippen molar-refractivity contribution < 1.29 is 4.79 Å². The molecule has 144 valence electrons. The lowest BCUT2D eigenvalue weighted by Crippen LogP contribution is -2.28. The Kier molecular flexibility index (Phi) is 4.91. The molecule has 0 saturated heterocycles. The summed E-state index contributed by atoms with van der Waals surface area (Å²) in [4.78, 5) is 24.4. The Hall–Kier alpha value is -3.80. The predicted octanol–water partition coefficient (Wildman–Crippen LogP) is 4.03. The van der Waals surface area contributed by atoms with Crippen LogP contribution in [0.1, 0.15) is 18.1 Å². The zero-order valence-corrected chi connectivity index (χ0v) is 16.2. The lowest BCUT2D eigenvalue weighted by atomic mass is 9.99. The minimum atomic E-state index is -0.438. The Labute approximate surface area is 168 Å². The van der Waals surface area contributed by atoms with Crippen LogP contribution in [0.2, 0.25) is 0 Å². The van der Waals surface area contributed by atoms with Crippen LogP contribution in [0.3, 0.4) is 0 Å². The number of rotatable bonds is 4. The maximum Gasteiger partial charge on any atom is 0.274 e. The molecule has 0 unspecified atom stereocenters. The van der Waals surface area contributed by atoms with Gasteiger partial charge in [0.05, 0.1) is 17.0 Å². The molecule has 0 aliphatic heterocycles. The first-order valence-corrected chi connectivity index (χ1v) is 9.42. The fourth-order valence-corrected chi connectivity index (χ4v) is 3.36. The maximum absolute atomic E-state index is 12.2. The van der Waals surface area contributed by atoms with E-state index in [4.69, 9.17) is 5.10 Å². The van der Waals surface area contributed by atoms with Crippen molar-refractivity contribution in [3.05, 3.63) is 83.2 Å². The van der Waals surface area contributed by atoms with Gasteiger partial charge in [-0.25, -0.2) is 0 Å². The fourth-order valence-electron chi connectivity index (χ4n) is 3.36. The van der Waals surface area contributed by atoms with Gasteiger partial charge in [0.15, 0.2) is 0 Å². The third kappa shape index (κ3) is 3.40. The summed E-state index contributed by atoms with van der Waals surface area (Å²) in [6.45, 7) is 1.71. The SMILES string of the molecule is CCC(=O)n1nc(-c2c(-c3ccccc3)nn(C)c2-c2ccccc2)ccc1=O. The molecule has 0 aliphatic rings. The number of hydrogen-bond acceptors (Lipinski definition) is 4. The molecular weight excluding hydrogens is 364 g/mol. The molecule has 0 amide bonds. The molecule has 6 heteroatoms. The average Bonchev–Trinajstić information content (AvgIpc) is 3.12. The normalized spacial score (nSPS) is 10.8. The van der Waals surface area contributed by atoms with E-state index in [0.29, 0.717) is 5.69 Å². The lowest BCUT2D eigenvalue weighted by Gasteiger charge is -2.09. The largest absolute Gasteiger partial charge is 0.274 e. The molecule has 2 aromatic heterocycles. The minimum Gasteiger partial charge on any atom is -0.272 e. The lowest BCUT2D eigenvalue weighted by molar-refractivity contribution is 0.0887. The summed E-state index contributed by atoms with van der Waals surface area (Å²) < 4.78 is 2.75. The molecule has 0 aliphatic carbocycles. The van der Waals surface area contributed by atoms with Crippen LogP contribution in [0.15, 0.2) is 77.6 Å². The molecule has 2 heterocycles. The van der Waals surface area contributed by atoms with E-state index < -0.39 is 5.56 Å². The van der Waals surface area contributed by atoms with Gasteiger partial charge in [-0.15, -0.1) is 0 Å². The number of benzene rings is 2. The molecule has 29 heavy (non-hydrogen) atoms. The molecule has 0 bridgehead atoms. The highest BCUT2D eigenvalue weighted by Crippen LogP contribution is 2.38. The number of carbonyl (C=O) groups is 1. The molecule has 6 nitrogen and oxygen atoms in total. The molecule has 2 aromatic carbocycles. The van der Waals surface area contributed by atoms with Crippen LogP contribution in [-0.2, 0) is 7.05 Å². The molecular formula is C23H20N4O2. The number of aromatic nitrogens is 4. The highest BCUT2D eigenvalue weighted by molar-refractivity contribution is 5.90. The molecule has 0 saturated carbocycles. The third-order valence-electron chi connectivity index (χ3n) is 4.74. The first kappa shape index (κ1) is 18.6. The number of nitrogens with zero attached hydrogens (tertiary/aromatic N) is 4. The predicted molar refractivity (Wildman–Crippen MR) is 112 cm³/mol. The van der Waals surface area contributed by atoms with Crippen LogP contribution in [0.5, 0.6) is 0 Å². The van der Waals surface area contributed by atoms with E-state index in [1.54, 1.807) is 13.0 Å². The minimum absolute atomic E-state index is 0.195. The van der Waals surface area contributed by atoms with Crippen molar-refractivity contribution in [3.8, 4) is 33.8 Å². The maximum atomic E-state index is 12.2. The smallest absolute Gasteiger partial charge is 0.272 e. The topological polar surface area (TPSA) is 69.8 Å². The highest BCUT2D eigenvalue weighted by atomic mass is 16.2. The summed E-state index contributed by atoms with van der Waals surface area (Å²) in [5, 5.41) is 9.16. The molecule has 0 atom stereocenters. The van der Waals surface area contributed by atoms with Crippen LogP contribution < -0.4 is 5.56 Å². The van der Waals surface area contributed by atoms with Gasteiger partial charge >= 0.3 is 0 Å². The second-order valence-electron chi connectivity index (χ2n) is 6.64. The summed E-state index contributed by atoms with van der Waals surface area (Å²) >= 11 is 0. The van der Waals surface area contributed by atoms with Gasteiger partial charge in [0.2, 0.25) is 5.91 Å². The Morgan fingerprint density at radius 1 is 0.862 bits per heavy atom. The van der Waals surface area contributed by atoms with Crippen molar-refractivity contribution in [3.63, 3.8) is 0 Å². The Balaban J connectivity index is 2.04. The van der Waals surface area contributed by atoms with Gasteiger partial charge in [0.25, 0.3) is 5.56 Å². The number of carbonyl (C=O) groups excluding carboxylic acids is 1. The second kappa shape index (κ2) is 7.67. The quantitative estimate of drug-likeness (QED) is 0.533. The van der Waals surface area contributed by atoms with Crippen molar-refractivity contribution in [2.75, 3.05) is 0 Å². The molecule has 4 rings (SSSR count). The average molecular weight is 384 g/mol. The van der Waals surface area contributed by atoms with Crippen LogP contribution >= 0.6 is 0 Å². The highest BCUT2D eigenvalue weighted by Gasteiger charge is 2.22. The van der Waals surface area contributed by atoms with Crippen LogP contribution in [0.25, 0.3) is 33.8 Å². The van der Waals surface area contributed by atoms with Gasteiger partial charge < -0.3 is 0 Å². The van der Waals surface area contributed by atoms with Crippen molar-refractivity contribution in [1.29, 1.82) is 0 Å². The Bertz CT molecular complexity index is 1220. The third-order valence-corrected chi connectivity index (χ3v) is 4.74. The van der Waals surface area contributed by atoms with Crippen molar-refractivity contribution in [2.24, 2.45) is 7.05 Å². The van der Waals surface area contributed by atoms with Crippen LogP contribution in [0, 0.1) is 0 Å². The van der Waals surface area contributed by atoms with E-state index in [1.807, 2.05) is 72.4 Å². The molecule has 0 N–H and O–H groups in total. The van der Waals surface area contributed by atoms with Gasteiger partial charge in [-0.1, -0.05) is 67.6 Å². The monoisotopic (exact) mass is 384 g/mol. The summed E-state index contributed by atoms with van der Waals surface area (Å²) in [5.74, 6) is -0.344. The van der Waals surface area contributed by atoms with Crippen molar-refractivity contribution >= 4 is 5.91 Å². The fraction of sp³-hybridized carbons (Fsp3) is 0.130. The van der Waals surface area contributed by atoms with E-state index >= 15 is 0 Å². The number of aryl methyl sites for hydroxylation is 1. The molecule has 0 radical (unpaired) electrons. The molecule has 0 spiro atoms. The second-order valence-corrected chi connectivity index (χ2v) is 6.64. The first-order valence-electron chi connectivity index (χ1n) is 9.42. The van der Waals surface area contributed by atoms with Gasteiger partial charge in [-0.05, 0) is 6.07 Å². The van der Waals surface area contributed by atoms with E-state index in [0.717, 1.165) is 32.8 Å². The van der Waals surface area contributed by atoms with Gasteiger partial charge in [-0.2, -0.15) is 14.9 Å². The summed E-state index contributed by atoms with van der Waals surface area (Å²) in [6, 6.07) is 22.7. The first-order chi connectivity index (χ1) is 14.1. The summed E-state index contributed by atoms with van der Waals surface area (Å²) in [7, 11) is 1.88. The van der Waals surface area contributed by atoms with E-state index in [2.05, 4.69) is 5.10 Å². The van der Waals surface area contributed by atoms with E-state index in [-0.39, 0.29) is 12.3 Å². The summed E-state index contributed by atoms with van der Waals surface area (Å²) in [5.41, 5.74) is 4.38. The van der Waals surface area contributed by atoms with Gasteiger partial charge in [-0.3, -0.25) is 14.3 Å². The van der Waals surface area contributed by atoms with Gasteiger partial charge in [0.1, 0.15) is 5.69 Å². The standard InChI is InChI=1S/C23H20N4O2/c1-3-19(28)27-20(29)15-14-18(24-27)21-22(16-10-6-4-7-11-16)25-26(2)23(21)17-12-8-5-9-13-17/h4-15H,3H2,1-2H3. The van der Waals surface area contributed by atoms with Crippen molar-refractivity contribution in [1.82, 2.24) is 19.6 Å². The van der Waals surface area contributed by atoms with Gasteiger partial charge in [0, 0.05) is 30.7 Å². The summed E-state index contributed by atoms with van der Waals surface area (Å²) in [6.07, 6.45) is 0.195. The molecule has 4 aromatic rings.